The summed E-state index contributed by atoms with van der Waals surface area (Å²) in [6.45, 7) is 0. The Bertz CT molecular complexity index is 2310. The predicted molar refractivity (Wildman–Crippen MR) is 167 cm³/mol. The Morgan fingerprint density at radius 1 is 0.426 bits per heavy atom. The molecule has 227 valence electrons. The fraction of sp³-hybridized carbons (Fsp3) is 0. The van der Waals surface area contributed by atoms with Crippen LogP contribution < -0.4 is 0 Å². The largest absolute Gasteiger partial charge is 0.324 e. The molecule has 0 fully saturated rings. The van der Waals surface area contributed by atoms with Crippen molar-refractivity contribution in [3.05, 3.63) is 97.1 Å². The summed E-state index contributed by atoms with van der Waals surface area (Å²) in [5.41, 5.74) is 6.45. The average Bonchev–Trinajstić information content (AvgIpc) is 3.81. The van der Waals surface area contributed by atoms with Crippen LogP contribution in [0.15, 0.2) is 97.1 Å². The van der Waals surface area contributed by atoms with Gasteiger partial charge in [0.15, 0.2) is 23.3 Å². The molecule has 7 aromatic rings. The standard InChI is InChI=1S/C32H18N8.H2O4S.O.V/c1-2-10-18-17(9-1)25-33-26(18)38-28-21-13-5-6-14-22(21)30(35-28)40-32-24-16-8-7-15-23(24)31(36-32)39-29-20-12-4-3-11-19(20)27(34-29)37-25;1-5(2,3)4;;/h1-16H,(H2,33,34,35,36,37,38,39,40);(H2,1,2,3,4);;/q;;;+2/p-2. The van der Waals surface area contributed by atoms with Gasteiger partial charge in [-0.3, -0.25) is 8.42 Å². The van der Waals surface area contributed by atoms with Gasteiger partial charge in [-0.2, -0.15) is 0 Å². The van der Waals surface area contributed by atoms with Gasteiger partial charge in [-0.25, -0.2) is 29.9 Å². The maximum absolute atomic E-state index is 8.52. The Balaban J connectivity index is 0.000000462. The predicted octanol–water partition coefficient (Wildman–Crippen LogP) is 5.41. The van der Waals surface area contributed by atoms with Crippen LogP contribution in [-0.2, 0) is 31.4 Å². The number of nitrogens with one attached hydrogen (secondary N) is 2. The fourth-order valence-electron chi connectivity index (χ4n) is 5.59. The number of aromatic nitrogens is 8. The second kappa shape index (κ2) is 12.0. The van der Waals surface area contributed by atoms with E-state index in [-0.39, 0.29) is 0 Å². The summed E-state index contributed by atoms with van der Waals surface area (Å²) in [7, 11) is -5.17. The molecule has 0 saturated carbocycles. The molecule has 0 radical (unpaired) electrons. The Morgan fingerprint density at radius 2 is 0.638 bits per heavy atom. The van der Waals surface area contributed by atoms with E-state index in [0.29, 0.717) is 45.9 Å². The Kier molecular flexibility index (Phi) is 7.71. The Hall–Kier alpha value is -5.51. The van der Waals surface area contributed by atoms with Crippen LogP contribution in [0.1, 0.15) is 0 Å². The van der Waals surface area contributed by atoms with Crippen molar-refractivity contribution in [3.63, 3.8) is 0 Å². The Labute approximate surface area is 274 Å². The molecule has 0 aliphatic carbocycles. The summed E-state index contributed by atoms with van der Waals surface area (Å²) in [5, 5.41) is 3.82. The van der Waals surface area contributed by atoms with Crippen molar-refractivity contribution in [2.24, 2.45) is 0 Å². The van der Waals surface area contributed by atoms with Gasteiger partial charge in [0, 0.05) is 54.2 Å². The number of aromatic amines is 2. The van der Waals surface area contributed by atoms with Crippen molar-refractivity contribution >= 4 is 54.5 Å². The van der Waals surface area contributed by atoms with E-state index >= 15 is 0 Å². The number of rotatable bonds is 0. The normalized spacial score (nSPS) is 11.6. The van der Waals surface area contributed by atoms with Crippen molar-refractivity contribution < 1.29 is 38.6 Å². The number of nitrogens with zero attached hydrogens (tertiary/aromatic N) is 6. The zero-order valence-corrected chi connectivity index (χ0v) is 26.0. The molecule has 3 aromatic heterocycles. The second-order valence-corrected chi connectivity index (χ2v) is 11.0. The van der Waals surface area contributed by atoms with Crippen LogP contribution in [0.3, 0.4) is 0 Å². The van der Waals surface area contributed by atoms with Crippen LogP contribution in [0, 0.1) is 0 Å². The Morgan fingerprint density at radius 3 is 0.872 bits per heavy atom. The molecule has 2 aliphatic rings. The van der Waals surface area contributed by atoms with Gasteiger partial charge in [0.05, 0.1) is 0 Å². The van der Waals surface area contributed by atoms with E-state index in [2.05, 4.69) is 9.97 Å². The molecule has 47 heavy (non-hydrogen) atoms. The van der Waals surface area contributed by atoms with E-state index in [1.54, 1.807) is 0 Å². The molecular formula is C32H18N8O5SV. The summed E-state index contributed by atoms with van der Waals surface area (Å²) in [5.74, 6) is 2.39. The van der Waals surface area contributed by atoms with E-state index in [4.69, 9.17) is 51.1 Å². The third kappa shape index (κ3) is 5.71. The van der Waals surface area contributed by atoms with Gasteiger partial charge < -0.3 is 19.1 Å². The van der Waals surface area contributed by atoms with Crippen LogP contribution in [-0.4, -0.2) is 57.4 Å². The van der Waals surface area contributed by atoms with Crippen molar-refractivity contribution in [1.29, 1.82) is 0 Å². The van der Waals surface area contributed by atoms with Crippen LogP contribution >= 0.6 is 0 Å². The third-order valence-electron chi connectivity index (χ3n) is 7.46. The minimum absolute atomic E-state index is 0.597. The van der Waals surface area contributed by atoms with E-state index < -0.39 is 10.4 Å². The van der Waals surface area contributed by atoms with E-state index in [1.807, 2.05) is 97.1 Å². The quantitative estimate of drug-likeness (QED) is 0.153. The van der Waals surface area contributed by atoms with E-state index in [0.717, 1.165) is 61.2 Å². The third-order valence-corrected chi connectivity index (χ3v) is 7.46. The molecule has 15 heteroatoms. The van der Waals surface area contributed by atoms with Gasteiger partial charge in [0.2, 0.25) is 0 Å². The first-order valence-corrected chi connectivity index (χ1v) is 15.7. The zero-order chi connectivity index (χ0) is 32.7. The van der Waals surface area contributed by atoms with E-state index in [1.165, 1.54) is 0 Å². The van der Waals surface area contributed by atoms with Gasteiger partial charge >= 0.3 is 21.0 Å². The van der Waals surface area contributed by atoms with Gasteiger partial charge in [-0.1, -0.05) is 97.1 Å². The molecule has 9 rings (SSSR count). The molecule has 0 amide bonds. The number of hydrogen-bond donors (Lipinski definition) is 2. The van der Waals surface area contributed by atoms with Crippen LogP contribution in [0.4, 0.5) is 0 Å². The minimum Gasteiger partial charge on any atom is -0.324 e. The molecule has 4 aromatic carbocycles. The second-order valence-electron chi connectivity index (χ2n) is 10.2. The molecule has 0 unspecified atom stereocenters. The molecule has 8 bridgehead atoms. The molecule has 0 spiro atoms. The van der Waals surface area contributed by atoms with Crippen molar-refractivity contribution in [2.45, 2.75) is 0 Å². The molecular weight excluding hydrogens is 659 g/mol. The molecule has 0 saturated heterocycles. The maximum atomic E-state index is 8.52. The number of fused-ring (bicyclic) bond motifs is 20. The molecule has 5 heterocycles. The van der Waals surface area contributed by atoms with Gasteiger partial charge in [0.1, 0.15) is 22.6 Å². The first-order chi connectivity index (χ1) is 22.8. The monoisotopic (exact) mass is 677 g/mol. The summed E-state index contributed by atoms with van der Waals surface area (Å²) in [6.07, 6.45) is 0. The molecule has 2 N–H and O–H groups in total. The zero-order valence-electron chi connectivity index (χ0n) is 23.8. The maximum Gasteiger partial charge on any atom is 0.164 e. The molecule has 2 aliphatic heterocycles. The van der Waals surface area contributed by atoms with Gasteiger partial charge in [-0.05, 0) is 0 Å². The molecule has 0 atom stereocenters. The average molecular weight is 678 g/mol. The van der Waals surface area contributed by atoms with Crippen molar-refractivity contribution in [3.8, 4) is 45.6 Å². The first-order valence-electron chi connectivity index (χ1n) is 13.8. The van der Waals surface area contributed by atoms with E-state index in [9.17, 15) is 0 Å². The van der Waals surface area contributed by atoms with Gasteiger partial charge in [-0.15, -0.1) is 0 Å². The van der Waals surface area contributed by atoms with Crippen LogP contribution in [0.25, 0.3) is 89.7 Å². The number of benzene rings is 4. The summed E-state index contributed by atoms with van der Waals surface area (Å²) >= 11 is 1.06. The van der Waals surface area contributed by atoms with Crippen molar-refractivity contribution in [2.75, 3.05) is 0 Å². The van der Waals surface area contributed by atoms with Crippen molar-refractivity contribution in [1.82, 2.24) is 39.9 Å². The van der Waals surface area contributed by atoms with Gasteiger partial charge in [0.25, 0.3) is 0 Å². The number of hydrogen-bond acceptors (Lipinski definition) is 11. The fourth-order valence-corrected chi connectivity index (χ4v) is 5.59. The summed E-state index contributed by atoms with van der Waals surface area (Å²) in [6, 6.07) is 32.2. The first kappa shape index (κ1) is 30.2. The van der Waals surface area contributed by atoms with Crippen LogP contribution in [0.2, 0.25) is 0 Å². The van der Waals surface area contributed by atoms with Crippen LogP contribution in [0.5, 0.6) is 0 Å². The minimum atomic E-state index is -5.17. The SMILES string of the molecule is O=S(=O)([O-])[O-].[O]=[V+2].c1ccc2c(c1)-c1nc-2nc2[nH]c(nc3nc(nc4[nH]c(n1)c1ccccc41)-c1ccccc1-3)c1ccccc21. The smallest absolute Gasteiger partial charge is 0.164 e. The summed E-state index contributed by atoms with van der Waals surface area (Å²) < 4.78 is 42.3. The molecule has 13 nitrogen and oxygen atoms in total. The number of H-pyrrole nitrogens is 2. The summed E-state index contributed by atoms with van der Waals surface area (Å²) in [4.78, 5) is 36.8. The topological polar surface area (TPSA) is 206 Å².